The number of ether oxygens (including phenoxy) is 3. The first-order valence-electron chi connectivity index (χ1n) is 14.4. The largest absolute Gasteiger partial charge is 0.449 e. The molecule has 0 bridgehead atoms. The predicted octanol–water partition coefficient (Wildman–Crippen LogP) is 3.24. The fourth-order valence-electron chi connectivity index (χ4n) is 6.57. The first-order chi connectivity index (χ1) is 19.8. The molecular weight excluding hydrogens is 557 g/mol. The lowest BCUT2D eigenvalue weighted by Gasteiger charge is -2.36. The van der Waals surface area contributed by atoms with E-state index in [0.717, 1.165) is 18.0 Å². The number of carbonyl (C=O) groups excluding carboxylic acids is 2. The van der Waals surface area contributed by atoms with E-state index in [1.54, 1.807) is 25.9 Å². The number of pyridine rings is 1. The quantitative estimate of drug-likeness (QED) is 0.537. The van der Waals surface area contributed by atoms with Crippen LogP contribution in [0.4, 0.5) is 18.0 Å². The number of fused-ring (bicyclic) bond motifs is 2. The van der Waals surface area contributed by atoms with Crippen molar-refractivity contribution in [2.45, 2.75) is 76.4 Å². The SMILES string of the molecule is COC1COCCC1N=C1C[C@H]2CN(C(=O)OCCC(C)(C)O)C[C@@]2(C(=O)N2CCc3ncc(C(F)(F)F)cc3C2)C1. The van der Waals surface area contributed by atoms with Gasteiger partial charge in [0.25, 0.3) is 0 Å². The summed E-state index contributed by atoms with van der Waals surface area (Å²) in [6.45, 7) is 5.09. The summed E-state index contributed by atoms with van der Waals surface area (Å²) in [6, 6.07) is 0.983. The summed E-state index contributed by atoms with van der Waals surface area (Å²) in [6.07, 6.45) is -2.24. The molecule has 4 heterocycles. The number of rotatable bonds is 6. The molecule has 0 radical (unpaired) electrons. The molecule has 3 aliphatic heterocycles. The molecule has 10 nitrogen and oxygen atoms in total. The van der Waals surface area contributed by atoms with Gasteiger partial charge in [0.1, 0.15) is 6.10 Å². The smallest absolute Gasteiger partial charge is 0.417 e. The third kappa shape index (κ3) is 6.42. The second kappa shape index (κ2) is 11.7. The Morgan fingerprint density at radius 3 is 2.79 bits per heavy atom. The molecule has 2 saturated heterocycles. The van der Waals surface area contributed by atoms with E-state index in [2.05, 4.69) is 4.98 Å². The normalized spacial score (nSPS) is 29.0. The van der Waals surface area contributed by atoms with Gasteiger partial charge in [0.05, 0.1) is 35.8 Å². The molecule has 3 fully saturated rings. The molecule has 1 saturated carbocycles. The van der Waals surface area contributed by atoms with E-state index >= 15 is 0 Å². The Hall–Kier alpha value is -2.77. The molecule has 2 unspecified atom stereocenters. The Morgan fingerprint density at radius 1 is 1.29 bits per heavy atom. The number of aliphatic hydroxyl groups is 1. The van der Waals surface area contributed by atoms with Crippen molar-refractivity contribution in [3.63, 3.8) is 0 Å². The van der Waals surface area contributed by atoms with E-state index in [9.17, 15) is 27.9 Å². The van der Waals surface area contributed by atoms with Crippen LogP contribution in [-0.2, 0) is 38.1 Å². The minimum absolute atomic E-state index is 0.0216. The number of halogens is 3. The fourth-order valence-corrected chi connectivity index (χ4v) is 6.57. The van der Waals surface area contributed by atoms with E-state index in [-0.39, 0.29) is 50.1 Å². The molecule has 0 spiro atoms. The Bertz CT molecular complexity index is 1220. The number of amides is 2. The molecule has 5 rings (SSSR count). The lowest BCUT2D eigenvalue weighted by Crippen LogP contribution is -2.49. The van der Waals surface area contributed by atoms with E-state index in [1.807, 2.05) is 0 Å². The zero-order valence-corrected chi connectivity index (χ0v) is 24.3. The molecule has 4 aliphatic rings. The number of aromatic nitrogens is 1. The monoisotopic (exact) mass is 596 g/mol. The summed E-state index contributed by atoms with van der Waals surface area (Å²) < 4.78 is 56.7. The second-order valence-electron chi connectivity index (χ2n) is 12.5. The maximum atomic E-state index is 14.3. The number of methoxy groups -OCH3 is 1. The minimum atomic E-state index is -4.53. The molecule has 1 aliphatic carbocycles. The van der Waals surface area contributed by atoms with Gasteiger partial charge in [-0.1, -0.05) is 0 Å². The second-order valence-corrected chi connectivity index (χ2v) is 12.5. The number of nitrogens with zero attached hydrogens (tertiary/aromatic N) is 4. The molecule has 232 valence electrons. The molecule has 4 atom stereocenters. The Labute approximate surface area is 243 Å². The van der Waals surface area contributed by atoms with E-state index in [0.29, 0.717) is 63.2 Å². The molecular formula is C29H39F3N4O6. The van der Waals surface area contributed by atoms with Crippen molar-refractivity contribution in [1.82, 2.24) is 14.8 Å². The van der Waals surface area contributed by atoms with Crippen LogP contribution < -0.4 is 0 Å². The van der Waals surface area contributed by atoms with Gasteiger partial charge in [-0.05, 0) is 44.2 Å². The predicted molar refractivity (Wildman–Crippen MR) is 145 cm³/mol. The van der Waals surface area contributed by atoms with Gasteiger partial charge in [0.15, 0.2) is 0 Å². The van der Waals surface area contributed by atoms with Crippen molar-refractivity contribution in [3.8, 4) is 0 Å². The standard InChI is InChI=1S/C29H39F3N4O6/c1-27(2,39)6-9-42-26(38)36-15-20-11-21(34-23-5-8-41-16-24(23)40-3)12-28(20,17-36)25(37)35-7-4-22-18(14-35)10-19(13-33-22)29(30,31)32/h10,13,20,23-24,39H,4-9,11-12,14-17H2,1-3H3/t20-,23?,24?,28-/m0/s1. The molecule has 1 aromatic rings. The van der Waals surface area contributed by atoms with Gasteiger partial charge in [-0.25, -0.2) is 4.79 Å². The Balaban J connectivity index is 1.38. The number of hydrogen-bond acceptors (Lipinski definition) is 8. The molecule has 1 aromatic heterocycles. The van der Waals surface area contributed by atoms with Crippen molar-refractivity contribution in [3.05, 3.63) is 29.1 Å². The number of carbonyl (C=O) groups is 2. The van der Waals surface area contributed by atoms with E-state index in [4.69, 9.17) is 19.2 Å². The van der Waals surface area contributed by atoms with Crippen molar-refractivity contribution >= 4 is 17.7 Å². The first-order valence-corrected chi connectivity index (χ1v) is 14.4. The van der Waals surface area contributed by atoms with Crippen LogP contribution >= 0.6 is 0 Å². The molecule has 42 heavy (non-hydrogen) atoms. The van der Waals surface area contributed by atoms with Crippen LogP contribution in [0.3, 0.4) is 0 Å². The van der Waals surface area contributed by atoms with Crippen molar-refractivity contribution in [1.29, 1.82) is 0 Å². The molecule has 2 amide bonds. The third-order valence-corrected chi connectivity index (χ3v) is 8.89. The summed E-state index contributed by atoms with van der Waals surface area (Å²) >= 11 is 0. The fraction of sp³-hybridized carbons (Fsp3) is 0.724. The average molecular weight is 597 g/mol. The summed E-state index contributed by atoms with van der Waals surface area (Å²) in [5.74, 6) is -0.407. The van der Waals surface area contributed by atoms with Crippen LogP contribution in [-0.4, -0.2) is 102 Å². The lowest BCUT2D eigenvalue weighted by molar-refractivity contribution is -0.143. The van der Waals surface area contributed by atoms with Gasteiger partial charge in [-0.15, -0.1) is 0 Å². The summed E-state index contributed by atoms with van der Waals surface area (Å²) in [4.78, 5) is 39.5. The highest BCUT2D eigenvalue weighted by Crippen LogP contribution is 2.50. The minimum Gasteiger partial charge on any atom is -0.449 e. The number of likely N-dealkylation sites (tertiary alicyclic amines) is 1. The Kier molecular flexibility index (Phi) is 8.56. The van der Waals surface area contributed by atoms with Crippen LogP contribution in [0.25, 0.3) is 0 Å². The van der Waals surface area contributed by atoms with E-state index < -0.39 is 28.8 Å². The van der Waals surface area contributed by atoms with Crippen molar-refractivity contribution < 1.29 is 42.1 Å². The zero-order valence-electron chi connectivity index (χ0n) is 24.3. The van der Waals surface area contributed by atoms with Crippen LogP contribution in [0.15, 0.2) is 17.3 Å². The van der Waals surface area contributed by atoms with Gasteiger partial charge < -0.3 is 29.1 Å². The number of aliphatic imine (C=N–C) groups is 1. The lowest BCUT2D eigenvalue weighted by atomic mass is 9.79. The highest BCUT2D eigenvalue weighted by molar-refractivity contribution is 5.98. The van der Waals surface area contributed by atoms with Crippen LogP contribution in [0, 0.1) is 11.3 Å². The summed E-state index contributed by atoms with van der Waals surface area (Å²) in [5, 5.41) is 9.97. The number of hydrogen-bond donors (Lipinski definition) is 1. The van der Waals surface area contributed by atoms with Crippen LogP contribution in [0.1, 0.15) is 56.4 Å². The zero-order chi connectivity index (χ0) is 30.3. The summed E-state index contributed by atoms with van der Waals surface area (Å²) in [7, 11) is 1.62. The Morgan fingerprint density at radius 2 is 2.07 bits per heavy atom. The molecule has 1 N–H and O–H groups in total. The first kappa shape index (κ1) is 30.7. The van der Waals surface area contributed by atoms with E-state index in [1.165, 1.54) is 4.90 Å². The van der Waals surface area contributed by atoms with Gasteiger partial charge in [0.2, 0.25) is 5.91 Å². The van der Waals surface area contributed by atoms with Gasteiger partial charge in [-0.3, -0.25) is 14.8 Å². The highest BCUT2D eigenvalue weighted by Gasteiger charge is 2.59. The maximum absolute atomic E-state index is 14.3. The highest BCUT2D eigenvalue weighted by atomic mass is 19.4. The van der Waals surface area contributed by atoms with Crippen LogP contribution in [0.5, 0.6) is 0 Å². The number of alkyl halides is 3. The molecule has 13 heteroatoms. The average Bonchev–Trinajstić information content (AvgIpc) is 3.46. The van der Waals surface area contributed by atoms with Crippen molar-refractivity contribution in [2.24, 2.45) is 16.3 Å². The van der Waals surface area contributed by atoms with Crippen molar-refractivity contribution in [2.75, 3.05) is 46.6 Å². The topological polar surface area (TPSA) is 114 Å². The van der Waals surface area contributed by atoms with Crippen LogP contribution in [0.2, 0.25) is 0 Å². The van der Waals surface area contributed by atoms with Gasteiger partial charge in [0, 0.05) is 76.8 Å². The van der Waals surface area contributed by atoms with Gasteiger partial charge >= 0.3 is 12.3 Å². The maximum Gasteiger partial charge on any atom is 0.417 e. The third-order valence-electron chi connectivity index (χ3n) is 8.89. The van der Waals surface area contributed by atoms with Gasteiger partial charge in [-0.2, -0.15) is 13.2 Å². The summed E-state index contributed by atoms with van der Waals surface area (Å²) in [5.41, 5.74) is -0.963. The molecule has 0 aromatic carbocycles.